The molecular weight excluding hydrogens is 354 g/mol. The Bertz CT molecular complexity index is 1000. The van der Waals surface area contributed by atoms with Gasteiger partial charge in [0.2, 0.25) is 11.6 Å². The van der Waals surface area contributed by atoms with Crippen molar-refractivity contribution in [1.29, 1.82) is 0 Å². The Hall–Kier alpha value is -2.67. The summed E-state index contributed by atoms with van der Waals surface area (Å²) in [5.74, 6) is -0.200. The zero-order chi connectivity index (χ0) is 19.1. The first-order valence-electron chi connectivity index (χ1n) is 7.97. The Balaban J connectivity index is 2.11. The molecule has 2 aromatic rings. The molecule has 0 spiro atoms. The molecule has 0 bridgehead atoms. The van der Waals surface area contributed by atoms with E-state index in [0.29, 0.717) is 17.0 Å². The van der Waals surface area contributed by atoms with E-state index in [1.165, 1.54) is 12.1 Å². The fourth-order valence-corrected chi connectivity index (χ4v) is 3.45. The van der Waals surface area contributed by atoms with Crippen LogP contribution >= 0.6 is 0 Å². The summed E-state index contributed by atoms with van der Waals surface area (Å²) in [5, 5.41) is 0. The van der Waals surface area contributed by atoms with Crippen molar-refractivity contribution in [3.8, 4) is 5.88 Å². The molecule has 0 radical (unpaired) electrons. The third-order valence-corrected chi connectivity index (χ3v) is 5.22. The lowest BCUT2D eigenvalue weighted by atomic mass is 9.92. The molecule has 0 saturated carbocycles. The quantitative estimate of drug-likeness (QED) is 0.767. The Morgan fingerprint density at radius 3 is 2.35 bits per heavy atom. The highest BCUT2D eigenvalue weighted by Crippen LogP contribution is 2.40. The molecule has 0 N–H and O–H groups in total. The van der Waals surface area contributed by atoms with Crippen molar-refractivity contribution in [1.82, 2.24) is 4.98 Å². The van der Waals surface area contributed by atoms with Gasteiger partial charge in [-0.2, -0.15) is 0 Å². The molecule has 1 aromatic carbocycles. The van der Waals surface area contributed by atoms with Gasteiger partial charge in [0.05, 0.1) is 10.5 Å². The van der Waals surface area contributed by atoms with Crippen LogP contribution in [-0.2, 0) is 19.4 Å². The lowest BCUT2D eigenvalue weighted by molar-refractivity contribution is -0.145. The minimum Gasteiger partial charge on any atom is -0.449 e. The summed E-state index contributed by atoms with van der Waals surface area (Å²) in [6, 6.07) is 9.89. The van der Waals surface area contributed by atoms with Crippen LogP contribution in [0.1, 0.15) is 25.0 Å². The number of aryl methyl sites for hydroxylation is 1. The summed E-state index contributed by atoms with van der Waals surface area (Å²) in [4.78, 5) is 16.7. The van der Waals surface area contributed by atoms with Crippen molar-refractivity contribution in [3.63, 3.8) is 0 Å². The summed E-state index contributed by atoms with van der Waals surface area (Å²) >= 11 is 0. The lowest BCUT2D eigenvalue weighted by Gasteiger charge is -2.21. The fourth-order valence-electron chi connectivity index (χ4n) is 2.82. The molecule has 0 fully saturated rings. The van der Waals surface area contributed by atoms with E-state index >= 15 is 0 Å². The van der Waals surface area contributed by atoms with E-state index in [1.54, 1.807) is 38.2 Å². The molecule has 1 aliphatic heterocycles. The van der Waals surface area contributed by atoms with Crippen LogP contribution < -0.4 is 4.74 Å². The molecule has 2 heterocycles. The van der Waals surface area contributed by atoms with E-state index in [0.717, 1.165) is 11.8 Å². The molecule has 1 aromatic heterocycles. The van der Waals surface area contributed by atoms with Crippen LogP contribution in [0, 0.1) is 6.92 Å². The largest absolute Gasteiger partial charge is 0.449 e. The molecule has 3 rings (SSSR count). The zero-order valence-corrected chi connectivity index (χ0v) is 15.8. The Labute approximate surface area is 152 Å². The van der Waals surface area contributed by atoms with Crippen molar-refractivity contribution in [2.24, 2.45) is 0 Å². The number of carbonyl (C=O) groups is 1. The minimum absolute atomic E-state index is 0.0592. The molecule has 26 heavy (non-hydrogen) atoms. The summed E-state index contributed by atoms with van der Waals surface area (Å²) in [6.45, 7) is 5.34. The molecule has 1 aliphatic rings. The van der Waals surface area contributed by atoms with Crippen LogP contribution in [0.25, 0.3) is 5.57 Å². The van der Waals surface area contributed by atoms with E-state index in [-0.39, 0.29) is 10.7 Å². The van der Waals surface area contributed by atoms with Crippen LogP contribution in [0.4, 0.5) is 0 Å². The van der Waals surface area contributed by atoms with Gasteiger partial charge in [0.1, 0.15) is 5.60 Å². The monoisotopic (exact) mass is 373 g/mol. The number of pyridine rings is 1. The second kappa shape index (κ2) is 6.25. The van der Waals surface area contributed by atoms with Gasteiger partial charge in [-0.25, -0.2) is 18.2 Å². The van der Waals surface area contributed by atoms with Gasteiger partial charge < -0.3 is 9.47 Å². The maximum atomic E-state index is 12.4. The van der Waals surface area contributed by atoms with Gasteiger partial charge in [0.15, 0.2) is 9.84 Å². The van der Waals surface area contributed by atoms with E-state index in [4.69, 9.17) is 9.47 Å². The molecule has 0 atom stereocenters. The first-order chi connectivity index (χ1) is 12.1. The zero-order valence-electron chi connectivity index (χ0n) is 14.9. The number of sulfone groups is 1. The number of carbonyl (C=O) groups excluding carboxylic acids is 1. The van der Waals surface area contributed by atoms with Crippen molar-refractivity contribution in [3.05, 3.63) is 59.5 Å². The molecular formula is C19H19NO5S. The predicted octanol–water partition coefficient (Wildman–Crippen LogP) is 2.92. The number of aromatic nitrogens is 1. The van der Waals surface area contributed by atoms with Gasteiger partial charge in [0, 0.05) is 18.0 Å². The topological polar surface area (TPSA) is 82.6 Å². The first-order valence-corrected chi connectivity index (χ1v) is 9.87. The van der Waals surface area contributed by atoms with E-state index in [1.807, 2.05) is 13.0 Å². The lowest BCUT2D eigenvalue weighted by Crippen LogP contribution is -2.22. The molecule has 0 amide bonds. The summed E-state index contributed by atoms with van der Waals surface area (Å²) in [6.07, 6.45) is 2.72. The average molecular weight is 373 g/mol. The summed E-state index contributed by atoms with van der Waals surface area (Å²) in [7, 11) is -3.31. The van der Waals surface area contributed by atoms with Gasteiger partial charge in [-0.15, -0.1) is 0 Å². The first kappa shape index (κ1) is 18.1. The molecule has 7 heteroatoms. The molecule has 0 aliphatic carbocycles. The van der Waals surface area contributed by atoms with Crippen molar-refractivity contribution in [2.75, 3.05) is 6.26 Å². The third-order valence-electron chi connectivity index (χ3n) is 4.09. The van der Waals surface area contributed by atoms with Crippen molar-refractivity contribution in [2.45, 2.75) is 31.3 Å². The Kier molecular flexibility index (Phi) is 4.36. The van der Waals surface area contributed by atoms with E-state index in [9.17, 15) is 13.2 Å². The number of esters is 1. The van der Waals surface area contributed by atoms with Gasteiger partial charge in [0.25, 0.3) is 0 Å². The number of rotatable bonds is 4. The SMILES string of the molecule is Cc1cccnc1OC1=C(c2ccc(S(C)(=O)=O)cc2)C(C)(C)OC1=O. The second-order valence-electron chi connectivity index (χ2n) is 6.63. The maximum Gasteiger partial charge on any atom is 0.375 e. The van der Waals surface area contributed by atoms with Gasteiger partial charge in [-0.1, -0.05) is 18.2 Å². The average Bonchev–Trinajstić information content (AvgIpc) is 2.77. The van der Waals surface area contributed by atoms with Crippen LogP contribution in [0.5, 0.6) is 5.88 Å². The van der Waals surface area contributed by atoms with E-state index < -0.39 is 21.4 Å². The Morgan fingerprint density at radius 1 is 1.12 bits per heavy atom. The number of nitrogens with zero attached hydrogens (tertiary/aromatic N) is 1. The third kappa shape index (κ3) is 3.35. The van der Waals surface area contributed by atoms with Crippen molar-refractivity contribution >= 4 is 21.4 Å². The Morgan fingerprint density at radius 2 is 1.77 bits per heavy atom. The second-order valence-corrected chi connectivity index (χ2v) is 8.64. The number of hydrogen-bond acceptors (Lipinski definition) is 6. The van der Waals surface area contributed by atoms with Crippen LogP contribution in [0.2, 0.25) is 0 Å². The predicted molar refractivity (Wildman–Crippen MR) is 96.2 cm³/mol. The number of hydrogen-bond donors (Lipinski definition) is 0. The summed E-state index contributed by atoms with van der Waals surface area (Å²) in [5.41, 5.74) is 1.07. The van der Waals surface area contributed by atoms with Gasteiger partial charge in [-0.3, -0.25) is 0 Å². The highest BCUT2D eigenvalue weighted by Gasteiger charge is 2.43. The number of benzene rings is 1. The van der Waals surface area contributed by atoms with Gasteiger partial charge >= 0.3 is 5.97 Å². The van der Waals surface area contributed by atoms with Crippen LogP contribution in [0.15, 0.2) is 53.2 Å². The fraction of sp³-hybridized carbons (Fsp3) is 0.263. The smallest absolute Gasteiger partial charge is 0.375 e. The minimum atomic E-state index is -3.31. The number of ether oxygens (including phenoxy) is 2. The normalized spacial score (nSPS) is 16.5. The summed E-state index contributed by atoms with van der Waals surface area (Å²) < 4.78 is 34.6. The standard InChI is InChI=1S/C19H19NO5S/c1-12-6-5-11-20-17(12)24-16-15(19(2,3)25-18(16)21)13-7-9-14(10-8-13)26(4,22)23/h5-11H,1-4H3. The van der Waals surface area contributed by atoms with Crippen molar-refractivity contribution < 1.29 is 22.7 Å². The van der Waals surface area contributed by atoms with Crippen LogP contribution in [0.3, 0.4) is 0 Å². The highest BCUT2D eigenvalue weighted by molar-refractivity contribution is 7.90. The molecule has 6 nitrogen and oxygen atoms in total. The molecule has 0 saturated heterocycles. The molecule has 136 valence electrons. The van der Waals surface area contributed by atoms with Gasteiger partial charge in [-0.05, 0) is 44.5 Å². The maximum absolute atomic E-state index is 12.4. The molecule has 0 unspecified atom stereocenters. The highest BCUT2D eigenvalue weighted by atomic mass is 32.2. The van der Waals surface area contributed by atoms with E-state index in [2.05, 4.69) is 4.98 Å². The van der Waals surface area contributed by atoms with Crippen LogP contribution in [-0.4, -0.2) is 31.2 Å². The number of cyclic esters (lactones) is 1.